The molecule has 9 heteroatoms. The van der Waals surface area contributed by atoms with Crippen LogP contribution in [0.1, 0.15) is 45.4 Å². The van der Waals surface area contributed by atoms with E-state index in [-0.39, 0.29) is 48.4 Å². The molecule has 3 amide bonds. The van der Waals surface area contributed by atoms with Gasteiger partial charge in [-0.25, -0.2) is 4.39 Å². The van der Waals surface area contributed by atoms with Gasteiger partial charge in [0.25, 0.3) is 5.91 Å². The maximum atomic E-state index is 14.9. The van der Waals surface area contributed by atoms with Crippen molar-refractivity contribution in [3.63, 3.8) is 0 Å². The molecular formula is C25H26FN3O5. The largest absolute Gasteiger partial charge is 0.488 e. The molecule has 0 radical (unpaired) electrons. The zero-order chi connectivity index (χ0) is 27.2. The summed E-state index contributed by atoms with van der Waals surface area (Å²) in [5.74, 6) is -3.02. The fraction of sp³-hybridized carbons (Fsp3) is 0.400. The average Bonchev–Trinajstić information content (AvgIpc) is 3.24. The lowest BCUT2D eigenvalue weighted by Crippen LogP contribution is -2.52. The normalized spacial score (nSPS) is 24.7. The summed E-state index contributed by atoms with van der Waals surface area (Å²) >= 11 is 0. The van der Waals surface area contributed by atoms with Crippen molar-refractivity contribution in [2.24, 2.45) is 0 Å². The zero-order valence-electron chi connectivity index (χ0n) is 22.4. The average molecular weight is 472 g/mol. The first kappa shape index (κ1) is 18.1. The van der Waals surface area contributed by atoms with E-state index in [2.05, 4.69) is 10.2 Å². The Labute approximate surface area is 202 Å². The smallest absolute Gasteiger partial charge is 0.255 e. The molecule has 2 saturated heterocycles. The summed E-state index contributed by atoms with van der Waals surface area (Å²) in [6, 6.07) is 1.16. The summed E-state index contributed by atoms with van der Waals surface area (Å²) in [4.78, 5) is 40.4. The maximum Gasteiger partial charge on any atom is 0.255 e. The van der Waals surface area contributed by atoms with Crippen molar-refractivity contribution in [3.05, 3.63) is 64.4 Å². The number of carbonyl (C=O) groups excluding carboxylic acids is 3. The molecule has 1 atom stereocenters. The Morgan fingerprint density at radius 1 is 1.24 bits per heavy atom. The van der Waals surface area contributed by atoms with E-state index >= 15 is 0 Å². The van der Waals surface area contributed by atoms with Crippen molar-refractivity contribution in [1.82, 2.24) is 15.1 Å². The number of hydrogen-bond donors (Lipinski definition) is 1. The minimum Gasteiger partial charge on any atom is -0.488 e. The summed E-state index contributed by atoms with van der Waals surface area (Å²) in [6.07, 6.45) is -0.370. The number of hydrogen-bond acceptors (Lipinski definition) is 6. The maximum absolute atomic E-state index is 14.9. The SMILES string of the molecule is [2H]c1c([2H])c(OCc2ccc(CN3CCOCC3)cc2F)c2c(c1[2H])C(=O)N([C@@]1([2H])CCC(=O)NC1=O)C2. The van der Waals surface area contributed by atoms with Gasteiger partial charge in [-0.05, 0) is 30.1 Å². The Kier molecular flexibility index (Phi) is 5.06. The van der Waals surface area contributed by atoms with E-state index in [0.29, 0.717) is 19.8 Å². The molecule has 3 aliphatic heterocycles. The van der Waals surface area contributed by atoms with E-state index in [9.17, 15) is 18.8 Å². The highest BCUT2D eigenvalue weighted by Crippen LogP contribution is 2.34. The molecule has 0 bridgehead atoms. The van der Waals surface area contributed by atoms with Crippen molar-refractivity contribution in [2.75, 3.05) is 26.3 Å². The van der Waals surface area contributed by atoms with Crippen LogP contribution in [0.15, 0.2) is 36.3 Å². The highest BCUT2D eigenvalue weighted by molar-refractivity contribution is 6.05. The molecule has 3 aliphatic rings. The monoisotopic (exact) mass is 471 g/mol. The molecule has 0 aliphatic carbocycles. The third-order valence-corrected chi connectivity index (χ3v) is 6.14. The number of morpholine rings is 1. The fourth-order valence-electron chi connectivity index (χ4n) is 4.29. The van der Waals surface area contributed by atoms with Crippen LogP contribution in [0.3, 0.4) is 0 Å². The van der Waals surface area contributed by atoms with Crippen molar-refractivity contribution >= 4 is 17.7 Å². The van der Waals surface area contributed by atoms with Crippen molar-refractivity contribution in [3.8, 4) is 5.75 Å². The van der Waals surface area contributed by atoms with E-state index in [4.69, 9.17) is 15.0 Å². The van der Waals surface area contributed by atoms with E-state index in [1.165, 1.54) is 6.07 Å². The second-order valence-corrected chi connectivity index (χ2v) is 8.38. The van der Waals surface area contributed by atoms with Gasteiger partial charge in [-0.2, -0.15) is 0 Å². The summed E-state index contributed by atoms with van der Waals surface area (Å²) < 4.78 is 59.4. The minimum absolute atomic E-state index is 0.0849. The summed E-state index contributed by atoms with van der Waals surface area (Å²) in [7, 11) is 0. The standard InChI is InChI=1S/C25H26FN3O5/c26-20-12-16(13-28-8-10-33-11-9-28)4-5-17(20)15-34-22-3-1-2-18-19(22)14-29(25(18)32)21-6-7-23(30)27-24(21)31/h1-5,12,21H,6-11,13-15H2,(H,27,30,31)/t21-/m0/s1/i1D,2D,3D,21D. The van der Waals surface area contributed by atoms with Gasteiger partial charge >= 0.3 is 0 Å². The molecule has 5 rings (SSSR count). The third-order valence-electron chi connectivity index (χ3n) is 6.14. The number of carbonyl (C=O) groups is 3. The van der Waals surface area contributed by atoms with Crippen LogP contribution in [0, 0.1) is 5.82 Å². The van der Waals surface area contributed by atoms with Crippen LogP contribution in [-0.2, 0) is 34.0 Å². The molecule has 0 saturated carbocycles. The van der Waals surface area contributed by atoms with Crippen molar-refractivity contribution in [1.29, 1.82) is 0 Å². The lowest BCUT2D eigenvalue weighted by Gasteiger charge is -2.29. The van der Waals surface area contributed by atoms with Gasteiger partial charge in [-0.15, -0.1) is 0 Å². The molecule has 34 heavy (non-hydrogen) atoms. The van der Waals surface area contributed by atoms with Crippen LogP contribution in [0.25, 0.3) is 0 Å². The Balaban J connectivity index is 1.39. The number of piperidine rings is 1. The van der Waals surface area contributed by atoms with E-state index in [0.717, 1.165) is 23.6 Å². The number of nitrogens with one attached hydrogen (secondary N) is 1. The molecule has 0 unspecified atom stereocenters. The van der Waals surface area contributed by atoms with Gasteiger partial charge in [0.05, 0.1) is 25.2 Å². The van der Waals surface area contributed by atoms with Gasteiger partial charge in [0, 0.05) is 42.7 Å². The molecule has 1 N–H and O–H groups in total. The Morgan fingerprint density at radius 3 is 2.82 bits per heavy atom. The fourth-order valence-corrected chi connectivity index (χ4v) is 4.29. The highest BCUT2D eigenvalue weighted by Gasteiger charge is 2.40. The Bertz CT molecular complexity index is 1340. The minimum atomic E-state index is -2.10. The van der Waals surface area contributed by atoms with Gasteiger partial charge in [-0.1, -0.05) is 18.2 Å². The lowest BCUT2D eigenvalue weighted by atomic mass is 10.0. The Morgan fingerprint density at radius 2 is 2.06 bits per heavy atom. The molecule has 3 heterocycles. The van der Waals surface area contributed by atoms with Gasteiger partial charge < -0.3 is 14.4 Å². The molecule has 178 valence electrons. The van der Waals surface area contributed by atoms with Gasteiger partial charge in [0.15, 0.2) is 0 Å². The highest BCUT2D eigenvalue weighted by atomic mass is 19.1. The number of imide groups is 1. The first-order chi connectivity index (χ1) is 18.1. The number of benzene rings is 2. The predicted octanol–water partition coefficient (Wildman–Crippen LogP) is 2.00. The summed E-state index contributed by atoms with van der Waals surface area (Å²) in [5.41, 5.74) is 0.836. The third kappa shape index (κ3) is 4.53. The van der Waals surface area contributed by atoms with Gasteiger partial charge in [0.1, 0.15) is 24.2 Å². The van der Waals surface area contributed by atoms with Crippen LogP contribution in [0.2, 0.25) is 0 Å². The predicted molar refractivity (Wildman–Crippen MR) is 119 cm³/mol. The number of rotatable bonds is 6. The quantitative estimate of drug-likeness (QED) is 0.649. The second kappa shape index (κ2) is 9.52. The molecule has 2 fully saturated rings. The van der Waals surface area contributed by atoms with Gasteiger partial charge in [0.2, 0.25) is 11.8 Å². The molecule has 2 aromatic rings. The van der Waals surface area contributed by atoms with E-state index in [1.807, 2.05) is 0 Å². The van der Waals surface area contributed by atoms with Crippen molar-refractivity contribution in [2.45, 2.75) is 38.6 Å². The van der Waals surface area contributed by atoms with Crippen LogP contribution in [-0.4, -0.2) is 59.8 Å². The zero-order valence-corrected chi connectivity index (χ0v) is 18.4. The Hall–Kier alpha value is -3.30. The molecule has 0 aromatic heterocycles. The number of halogens is 1. The van der Waals surface area contributed by atoms with Crippen LogP contribution in [0.4, 0.5) is 4.39 Å². The molecule has 2 aromatic carbocycles. The summed E-state index contributed by atoms with van der Waals surface area (Å²) in [6.45, 7) is 2.74. The van der Waals surface area contributed by atoms with Crippen molar-refractivity contribution < 1.29 is 33.7 Å². The topological polar surface area (TPSA) is 88.2 Å². The van der Waals surface area contributed by atoms with Crippen LogP contribution < -0.4 is 10.1 Å². The molecule has 8 nitrogen and oxygen atoms in total. The number of nitrogens with zero attached hydrogens (tertiary/aromatic N) is 2. The van der Waals surface area contributed by atoms with E-state index in [1.54, 1.807) is 12.1 Å². The lowest BCUT2D eigenvalue weighted by molar-refractivity contribution is -0.136. The molecular weight excluding hydrogens is 441 g/mol. The van der Waals surface area contributed by atoms with E-state index < -0.39 is 47.7 Å². The van der Waals surface area contributed by atoms with Gasteiger partial charge in [-0.3, -0.25) is 24.6 Å². The number of amides is 3. The van der Waals surface area contributed by atoms with Crippen LogP contribution in [0.5, 0.6) is 5.75 Å². The number of ether oxygens (including phenoxy) is 2. The molecule has 0 spiro atoms. The number of fused-ring (bicyclic) bond motifs is 1. The summed E-state index contributed by atoms with van der Waals surface area (Å²) in [5, 5.41) is 2.07. The second-order valence-electron chi connectivity index (χ2n) is 8.38. The first-order valence-electron chi connectivity index (χ1n) is 13.1. The first-order valence-corrected chi connectivity index (χ1v) is 11.1. The van der Waals surface area contributed by atoms with Crippen LogP contribution >= 0.6 is 0 Å².